The second-order valence-corrected chi connectivity index (χ2v) is 6.75. The molecule has 21 heavy (non-hydrogen) atoms. The third kappa shape index (κ3) is 3.51. The zero-order valence-corrected chi connectivity index (χ0v) is 14.9. The van der Waals surface area contributed by atoms with E-state index in [1.54, 1.807) is 0 Å². The van der Waals surface area contributed by atoms with Crippen molar-refractivity contribution in [1.29, 1.82) is 0 Å². The van der Waals surface area contributed by atoms with Gasteiger partial charge in [0.1, 0.15) is 6.04 Å². The molecule has 0 aliphatic carbocycles. The maximum absolute atomic E-state index is 12.5. The molecule has 1 aliphatic rings. The molecule has 1 N–H and O–H groups in total. The number of carbonyl (C=O) groups is 2. The van der Waals surface area contributed by atoms with Crippen LogP contribution in [0.15, 0.2) is 18.2 Å². The molecule has 1 aliphatic heterocycles. The number of hydrogen-bond donors (Lipinski definition) is 1. The number of imide groups is 1. The first-order valence-electron chi connectivity index (χ1n) is 7.05. The summed E-state index contributed by atoms with van der Waals surface area (Å²) in [7, 11) is 0. The highest BCUT2D eigenvalue weighted by Gasteiger charge is 2.41. The van der Waals surface area contributed by atoms with Crippen LogP contribution in [0.5, 0.6) is 0 Å². The summed E-state index contributed by atoms with van der Waals surface area (Å²) in [5.41, 5.74) is 0.689. The van der Waals surface area contributed by atoms with Gasteiger partial charge in [0, 0.05) is 9.61 Å². The molecule has 114 valence electrons. The van der Waals surface area contributed by atoms with Crippen LogP contribution < -0.4 is 5.32 Å². The van der Waals surface area contributed by atoms with Gasteiger partial charge in [0.25, 0.3) is 5.91 Å². The zero-order chi connectivity index (χ0) is 15.6. The maximum Gasteiger partial charge on any atom is 0.252 e. The molecule has 0 aromatic heterocycles. The number of nitrogens with one attached hydrogen (secondary N) is 1. The van der Waals surface area contributed by atoms with E-state index in [-0.39, 0.29) is 24.3 Å². The Labute approximate surface area is 143 Å². The lowest BCUT2D eigenvalue weighted by Gasteiger charge is -2.24. The smallest absolute Gasteiger partial charge is 0.252 e. The van der Waals surface area contributed by atoms with E-state index < -0.39 is 6.04 Å². The molecule has 1 unspecified atom stereocenters. The first-order valence-corrected chi connectivity index (χ1v) is 8.51. The Kier molecular flexibility index (Phi) is 5.48. The highest BCUT2D eigenvalue weighted by atomic mass is 127. The normalized spacial score (nSPS) is 18.7. The molecule has 6 heteroatoms. The van der Waals surface area contributed by atoms with Gasteiger partial charge in [0.2, 0.25) is 5.91 Å². The number of carbonyl (C=O) groups excluding carboxylic acids is 2. The van der Waals surface area contributed by atoms with Crippen LogP contribution in [0, 0.1) is 3.57 Å². The Balaban J connectivity index is 2.15. The van der Waals surface area contributed by atoms with Gasteiger partial charge in [-0.3, -0.25) is 14.5 Å². The van der Waals surface area contributed by atoms with Crippen molar-refractivity contribution in [2.75, 3.05) is 5.32 Å². The lowest BCUT2D eigenvalue weighted by atomic mass is 10.1. The van der Waals surface area contributed by atoms with Crippen molar-refractivity contribution in [2.45, 2.75) is 45.2 Å². The molecule has 0 radical (unpaired) electrons. The SMILES string of the molecule is CCC(CC)N1C(=O)CC(Nc2ccc(I)cc2Cl)C1=O. The molecular formula is C15H18ClIN2O2. The average molecular weight is 421 g/mol. The minimum absolute atomic E-state index is 0.0102. The van der Waals surface area contributed by atoms with E-state index in [4.69, 9.17) is 11.6 Å². The van der Waals surface area contributed by atoms with Gasteiger partial charge < -0.3 is 5.32 Å². The van der Waals surface area contributed by atoms with Gasteiger partial charge in [0.05, 0.1) is 17.1 Å². The maximum atomic E-state index is 12.5. The molecule has 0 bridgehead atoms. The molecule has 1 fully saturated rings. The summed E-state index contributed by atoms with van der Waals surface area (Å²) in [4.78, 5) is 26.0. The van der Waals surface area contributed by atoms with Crippen LogP contribution in [0.1, 0.15) is 33.1 Å². The predicted molar refractivity (Wildman–Crippen MR) is 92.4 cm³/mol. The highest BCUT2D eigenvalue weighted by molar-refractivity contribution is 14.1. The van der Waals surface area contributed by atoms with Gasteiger partial charge >= 0.3 is 0 Å². The van der Waals surface area contributed by atoms with Gasteiger partial charge in [-0.25, -0.2) is 0 Å². The largest absolute Gasteiger partial charge is 0.372 e. The van der Waals surface area contributed by atoms with E-state index >= 15 is 0 Å². The third-order valence-corrected chi connectivity index (χ3v) is 4.74. The summed E-state index contributed by atoms with van der Waals surface area (Å²) in [6, 6.07) is 5.04. The number of amides is 2. The van der Waals surface area contributed by atoms with Gasteiger partial charge in [-0.1, -0.05) is 25.4 Å². The van der Waals surface area contributed by atoms with Crippen LogP contribution in [0.4, 0.5) is 5.69 Å². The summed E-state index contributed by atoms with van der Waals surface area (Å²) < 4.78 is 1.02. The predicted octanol–water partition coefficient (Wildman–Crippen LogP) is 3.67. The van der Waals surface area contributed by atoms with Crippen molar-refractivity contribution < 1.29 is 9.59 Å². The van der Waals surface area contributed by atoms with E-state index in [0.717, 1.165) is 16.4 Å². The summed E-state index contributed by atoms with van der Waals surface area (Å²) in [5, 5.41) is 3.66. The van der Waals surface area contributed by atoms with Crippen molar-refractivity contribution in [3.63, 3.8) is 0 Å². The Bertz CT molecular complexity index is 561. The summed E-state index contributed by atoms with van der Waals surface area (Å²) >= 11 is 8.34. The first-order chi connectivity index (χ1) is 9.97. The average Bonchev–Trinajstić information content (AvgIpc) is 2.71. The lowest BCUT2D eigenvalue weighted by Crippen LogP contribution is -2.41. The topological polar surface area (TPSA) is 49.4 Å². The number of anilines is 1. The first kappa shape index (κ1) is 16.5. The molecule has 1 atom stereocenters. The molecule has 2 amide bonds. The molecule has 0 saturated carbocycles. The van der Waals surface area contributed by atoms with Gasteiger partial charge in [-0.05, 0) is 53.6 Å². The van der Waals surface area contributed by atoms with E-state index in [1.165, 1.54) is 4.90 Å². The molecule has 1 aromatic carbocycles. The van der Waals surface area contributed by atoms with E-state index in [1.807, 2.05) is 32.0 Å². The van der Waals surface area contributed by atoms with Crippen LogP contribution in [0.3, 0.4) is 0 Å². The molecule has 0 spiro atoms. The monoisotopic (exact) mass is 420 g/mol. The van der Waals surface area contributed by atoms with Crippen molar-refractivity contribution in [3.8, 4) is 0 Å². The minimum atomic E-state index is -0.518. The summed E-state index contributed by atoms with van der Waals surface area (Å²) in [6.45, 7) is 3.98. The lowest BCUT2D eigenvalue weighted by molar-refractivity contribution is -0.141. The molecule has 1 aromatic rings. The molecule has 1 heterocycles. The Morgan fingerprint density at radius 1 is 1.38 bits per heavy atom. The Hall–Kier alpha value is -0.820. The Morgan fingerprint density at radius 3 is 2.62 bits per heavy atom. The second kappa shape index (κ2) is 6.96. The number of likely N-dealkylation sites (tertiary alicyclic amines) is 1. The van der Waals surface area contributed by atoms with E-state index in [2.05, 4.69) is 27.9 Å². The van der Waals surface area contributed by atoms with Crippen molar-refractivity contribution >= 4 is 51.7 Å². The number of benzene rings is 1. The van der Waals surface area contributed by atoms with Gasteiger partial charge in [-0.2, -0.15) is 0 Å². The van der Waals surface area contributed by atoms with Crippen molar-refractivity contribution in [1.82, 2.24) is 4.90 Å². The molecule has 2 rings (SSSR count). The van der Waals surface area contributed by atoms with Crippen LogP contribution in [0.2, 0.25) is 5.02 Å². The van der Waals surface area contributed by atoms with Crippen LogP contribution >= 0.6 is 34.2 Å². The second-order valence-electron chi connectivity index (χ2n) is 5.10. The highest BCUT2D eigenvalue weighted by Crippen LogP contribution is 2.28. The minimum Gasteiger partial charge on any atom is -0.372 e. The van der Waals surface area contributed by atoms with Gasteiger partial charge in [0.15, 0.2) is 0 Å². The van der Waals surface area contributed by atoms with Crippen molar-refractivity contribution in [3.05, 3.63) is 26.8 Å². The summed E-state index contributed by atoms with van der Waals surface area (Å²) in [5.74, 6) is -0.254. The standard InChI is InChI=1S/C15H18ClIN2O2/c1-3-10(4-2)19-14(20)8-13(15(19)21)18-12-6-5-9(17)7-11(12)16/h5-7,10,13,18H,3-4,8H2,1-2H3. The number of hydrogen-bond acceptors (Lipinski definition) is 3. The van der Waals surface area contributed by atoms with Crippen molar-refractivity contribution in [2.24, 2.45) is 0 Å². The van der Waals surface area contributed by atoms with E-state index in [0.29, 0.717) is 10.7 Å². The fourth-order valence-corrected chi connectivity index (χ4v) is 3.51. The fourth-order valence-electron chi connectivity index (χ4n) is 2.60. The summed E-state index contributed by atoms with van der Waals surface area (Å²) in [6.07, 6.45) is 1.76. The van der Waals surface area contributed by atoms with E-state index in [9.17, 15) is 9.59 Å². The number of halogens is 2. The van der Waals surface area contributed by atoms with Crippen LogP contribution in [0.25, 0.3) is 0 Å². The van der Waals surface area contributed by atoms with Crippen LogP contribution in [-0.2, 0) is 9.59 Å². The zero-order valence-electron chi connectivity index (χ0n) is 12.0. The van der Waals surface area contributed by atoms with Gasteiger partial charge in [-0.15, -0.1) is 0 Å². The number of nitrogens with zero attached hydrogens (tertiary/aromatic N) is 1. The number of rotatable bonds is 5. The third-order valence-electron chi connectivity index (χ3n) is 3.75. The molecule has 1 saturated heterocycles. The molecule has 4 nitrogen and oxygen atoms in total. The quantitative estimate of drug-likeness (QED) is 0.584. The molecular weight excluding hydrogens is 403 g/mol. The van der Waals surface area contributed by atoms with Crippen LogP contribution in [-0.4, -0.2) is 28.8 Å². The Morgan fingerprint density at radius 2 is 2.05 bits per heavy atom. The fraction of sp³-hybridized carbons (Fsp3) is 0.467.